The Balaban J connectivity index is 2.01. The van der Waals surface area contributed by atoms with Gasteiger partial charge in [0.05, 0.1) is 15.9 Å². The van der Waals surface area contributed by atoms with Crippen molar-refractivity contribution < 1.29 is 14.8 Å². The molecule has 0 amide bonds. The van der Waals surface area contributed by atoms with E-state index in [2.05, 4.69) is 4.98 Å². The molecule has 0 aliphatic rings. The Hall–Kier alpha value is -3.22. The molecule has 0 aliphatic heterocycles. The third-order valence-electron chi connectivity index (χ3n) is 4.17. The minimum absolute atomic E-state index is 0.0331. The fourth-order valence-corrected chi connectivity index (χ4v) is 2.65. The van der Waals surface area contributed by atoms with Crippen LogP contribution >= 0.6 is 0 Å². The first kappa shape index (κ1) is 16.6. The van der Waals surface area contributed by atoms with Gasteiger partial charge in [-0.05, 0) is 38.1 Å². The zero-order chi connectivity index (χ0) is 18.2. The van der Waals surface area contributed by atoms with Crippen LogP contribution in [0.25, 0.3) is 16.6 Å². The number of hydrogen-bond donors (Lipinski definition) is 1. The molecule has 7 nitrogen and oxygen atoms in total. The molecule has 1 N–H and O–H groups in total. The summed E-state index contributed by atoms with van der Waals surface area (Å²) in [4.78, 5) is 26.0. The van der Waals surface area contributed by atoms with E-state index in [4.69, 9.17) is 0 Å². The van der Waals surface area contributed by atoms with E-state index in [1.165, 1.54) is 12.1 Å². The molecule has 7 heteroatoms. The van der Waals surface area contributed by atoms with Crippen LogP contribution < -0.4 is 0 Å². The van der Waals surface area contributed by atoms with E-state index >= 15 is 0 Å². The van der Waals surface area contributed by atoms with Gasteiger partial charge in [-0.3, -0.25) is 19.9 Å². The molecule has 2 aromatic heterocycles. The van der Waals surface area contributed by atoms with Gasteiger partial charge in [0.25, 0.3) is 5.69 Å². The van der Waals surface area contributed by atoms with Crippen LogP contribution in [0.3, 0.4) is 0 Å². The number of aliphatic carboxylic acids is 1. The molecule has 3 rings (SSSR count). The molecule has 25 heavy (non-hydrogen) atoms. The van der Waals surface area contributed by atoms with Crippen LogP contribution in [0.1, 0.15) is 19.5 Å². The molecular formula is C18H17N3O4. The molecule has 0 spiro atoms. The number of nitro benzene ring substituents is 1. The number of carboxylic acid groups (broad SMARTS) is 1. The van der Waals surface area contributed by atoms with Crippen LogP contribution in [0.5, 0.6) is 0 Å². The summed E-state index contributed by atoms with van der Waals surface area (Å²) in [5.74, 6) is -0.875. The number of hydrogen-bond acceptors (Lipinski definition) is 4. The summed E-state index contributed by atoms with van der Waals surface area (Å²) in [7, 11) is 0. The number of nitro groups is 1. The first-order valence-corrected chi connectivity index (χ1v) is 7.72. The lowest BCUT2D eigenvalue weighted by Crippen LogP contribution is -2.26. The molecule has 0 radical (unpaired) electrons. The van der Waals surface area contributed by atoms with Crippen LogP contribution in [-0.4, -0.2) is 25.6 Å². The van der Waals surface area contributed by atoms with Crippen molar-refractivity contribution in [3.63, 3.8) is 0 Å². The maximum atomic E-state index is 11.3. The van der Waals surface area contributed by atoms with Crippen LogP contribution in [0.15, 0.2) is 48.8 Å². The zero-order valence-corrected chi connectivity index (χ0v) is 13.8. The van der Waals surface area contributed by atoms with E-state index in [-0.39, 0.29) is 5.69 Å². The highest BCUT2D eigenvalue weighted by Gasteiger charge is 2.28. The third-order valence-corrected chi connectivity index (χ3v) is 4.17. The largest absolute Gasteiger partial charge is 0.481 e. The Labute approximate surface area is 143 Å². The first-order valence-electron chi connectivity index (χ1n) is 7.72. The number of pyridine rings is 1. The van der Waals surface area contributed by atoms with Gasteiger partial charge in [-0.15, -0.1) is 0 Å². The SMILES string of the molecule is CC(C)(Cc1cc2c(ccn2-c2ccc([N+](=O)[O-])cc2)cn1)C(=O)O. The molecule has 0 aliphatic carbocycles. The summed E-state index contributed by atoms with van der Waals surface area (Å²) in [6.07, 6.45) is 3.88. The van der Waals surface area contributed by atoms with Crippen molar-refractivity contribution in [2.45, 2.75) is 20.3 Å². The highest BCUT2D eigenvalue weighted by atomic mass is 16.6. The van der Waals surface area contributed by atoms with Gasteiger partial charge in [0.15, 0.2) is 0 Å². The summed E-state index contributed by atoms with van der Waals surface area (Å²) < 4.78 is 1.90. The Morgan fingerprint density at radius 3 is 2.56 bits per heavy atom. The maximum absolute atomic E-state index is 11.3. The standard InChI is InChI=1S/C18H17N3O4/c1-18(2,17(22)23)10-13-9-16-12(11-19-13)7-8-20(16)14-3-5-15(6-4-14)21(24)25/h3-9,11H,10H2,1-2H3,(H,22,23). The van der Waals surface area contributed by atoms with Crippen molar-refractivity contribution in [2.24, 2.45) is 5.41 Å². The Morgan fingerprint density at radius 1 is 1.28 bits per heavy atom. The molecule has 0 bridgehead atoms. The molecule has 0 fully saturated rings. The van der Waals surface area contributed by atoms with Crippen LogP contribution in [0.2, 0.25) is 0 Å². The second-order valence-corrected chi connectivity index (χ2v) is 6.56. The second kappa shape index (κ2) is 6.01. The monoisotopic (exact) mass is 339 g/mol. The van der Waals surface area contributed by atoms with Crippen molar-refractivity contribution in [3.05, 3.63) is 64.6 Å². The van der Waals surface area contributed by atoms with E-state index in [1.54, 1.807) is 32.2 Å². The lowest BCUT2D eigenvalue weighted by atomic mass is 9.88. The topological polar surface area (TPSA) is 98.3 Å². The smallest absolute Gasteiger partial charge is 0.309 e. The second-order valence-electron chi connectivity index (χ2n) is 6.56. The first-order chi connectivity index (χ1) is 11.8. The lowest BCUT2D eigenvalue weighted by Gasteiger charge is -2.18. The predicted molar refractivity (Wildman–Crippen MR) is 92.8 cm³/mol. The molecule has 0 atom stereocenters. The lowest BCUT2D eigenvalue weighted by molar-refractivity contribution is -0.384. The number of carbonyl (C=O) groups is 1. The minimum Gasteiger partial charge on any atom is -0.481 e. The number of benzene rings is 1. The van der Waals surface area contributed by atoms with Crippen molar-refractivity contribution in [1.29, 1.82) is 0 Å². The summed E-state index contributed by atoms with van der Waals surface area (Å²) in [5.41, 5.74) is 1.47. The summed E-state index contributed by atoms with van der Waals surface area (Å²) >= 11 is 0. The van der Waals surface area contributed by atoms with Gasteiger partial charge >= 0.3 is 5.97 Å². The Kier molecular flexibility index (Phi) is 4.00. The van der Waals surface area contributed by atoms with Crippen molar-refractivity contribution in [3.8, 4) is 5.69 Å². The van der Waals surface area contributed by atoms with Gasteiger partial charge in [-0.1, -0.05) is 0 Å². The Morgan fingerprint density at radius 2 is 1.96 bits per heavy atom. The van der Waals surface area contributed by atoms with Crippen molar-refractivity contribution in [2.75, 3.05) is 0 Å². The highest BCUT2D eigenvalue weighted by Crippen LogP contribution is 2.26. The fraction of sp³-hybridized carbons (Fsp3) is 0.222. The molecule has 0 saturated heterocycles. The molecule has 128 valence electrons. The van der Waals surface area contributed by atoms with E-state index in [9.17, 15) is 20.0 Å². The normalized spacial score (nSPS) is 11.6. The van der Waals surface area contributed by atoms with E-state index in [0.29, 0.717) is 12.1 Å². The quantitative estimate of drug-likeness (QED) is 0.566. The average molecular weight is 339 g/mol. The summed E-state index contributed by atoms with van der Waals surface area (Å²) in [6, 6.07) is 10.0. The minimum atomic E-state index is -0.911. The van der Waals surface area contributed by atoms with Crippen molar-refractivity contribution in [1.82, 2.24) is 9.55 Å². The van der Waals surface area contributed by atoms with E-state index in [1.807, 2.05) is 22.9 Å². The number of carboxylic acids is 1. The maximum Gasteiger partial charge on any atom is 0.309 e. The average Bonchev–Trinajstić information content (AvgIpc) is 2.97. The zero-order valence-electron chi connectivity index (χ0n) is 13.8. The van der Waals surface area contributed by atoms with Gasteiger partial charge in [0.1, 0.15) is 0 Å². The number of fused-ring (bicyclic) bond motifs is 1. The van der Waals surface area contributed by atoms with Crippen LogP contribution in [0, 0.1) is 15.5 Å². The molecule has 1 aromatic carbocycles. The van der Waals surface area contributed by atoms with Gasteiger partial charge in [-0.25, -0.2) is 0 Å². The summed E-state index contributed by atoms with van der Waals surface area (Å²) in [5, 5.41) is 21.0. The molecule has 0 unspecified atom stereocenters. The number of rotatable bonds is 5. The molecule has 2 heterocycles. The van der Waals surface area contributed by atoms with Gasteiger partial charge in [-0.2, -0.15) is 0 Å². The van der Waals surface area contributed by atoms with Gasteiger partial charge < -0.3 is 9.67 Å². The predicted octanol–water partition coefficient (Wildman–Crippen LogP) is 3.59. The Bertz CT molecular complexity index is 958. The van der Waals surface area contributed by atoms with Crippen LogP contribution in [-0.2, 0) is 11.2 Å². The van der Waals surface area contributed by atoms with Gasteiger partial charge in [0, 0.05) is 47.7 Å². The number of aromatic nitrogens is 2. The molecular weight excluding hydrogens is 322 g/mol. The third kappa shape index (κ3) is 3.21. The number of nitrogens with zero attached hydrogens (tertiary/aromatic N) is 3. The van der Waals surface area contributed by atoms with Gasteiger partial charge in [0.2, 0.25) is 0 Å². The number of non-ortho nitro benzene ring substituents is 1. The van der Waals surface area contributed by atoms with E-state index < -0.39 is 16.3 Å². The van der Waals surface area contributed by atoms with Crippen LogP contribution in [0.4, 0.5) is 5.69 Å². The van der Waals surface area contributed by atoms with Crippen molar-refractivity contribution >= 4 is 22.6 Å². The summed E-state index contributed by atoms with van der Waals surface area (Å²) in [6.45, 7) is 3.33. The molecule has 0 saturated carbocycles. The van der Waals surface area contributed by atoms with E-state index in [0.717, 1.165) is 16.6 Å². The fourth-order valence-electron chi connectivity index (χ4n) is 2.65. The molecule has 3 aromatic rings. The highest BCUT2D eigenvalue weighted by molar-refractivity contribution is 5.82.